The highest BCUT2D eigenvalue weighted by Crippen LogP contribution is 2.52. The van der Waals surface area contributed by atoms with E-state index >= 15 is 0 Å². The maximum atomic E-state index is 13.1. The predicted octanol–water partition coefficient (Wildman–Crippen LogP) is 3.60. The summed E-state index contributed by atoms with van der Waals surface area (Å²) in [6, 6.07) is 5.62. The minimum absolute atomic E-state index is 0.0602. The molecule has 1 heterocycles. The molecule has 0 radical (unpaired) electrons. The number of amides is 1. The monoisotopic (exact) mass is 358 g/mol. The zero-order valence-corrected chi connectivity index (χ0v) is 16.7. The fourth-order valence-corrected chi connectivity index (χ4v) is 5.66. The topological polar surface area (TPSA) is 66.6 Å². The number of phenolic OH excluding ortho intramolecular Hbond substituents is 1. The number of nitrogens with two attached hydrogens (primary N) is 1. The lowest BCUT2D eigenvalue weighted by atomic mass is 9.55. The van der Waals surface area contributed by atoms with E-state index in [1.807, 2.05) is 6.07 Å². The highest BCUT2D eigenvalue weighted by Gasteiger charge is 2.52. The zero-order chi connectivity index (χ0) is 19.1. The first-order chi connectivity index (χ1) is 12.3. The number of piperidine rings is 1. The molecule has 4 atom stereocenters. The van der Waals surface area contributed by atoms with Crippen LogP contribution in [-0.4, -0.2) is 34.5 Å². The SMILES string of the molecule is CCC1C2Cc3ccc(O)cc3C1(CC)CCN2C(=O)C(N)CC(C)C. The molecule has 1 saturated heterocycles. The molecule has 1 amide bonds. The highest BCUT2D eigenvalue weighted by atomic mass is 16.3. The summed E-state index contributed by atoms with van der Waals surface area (Å²) in [7, 11) is 0. The minimum atomic E-state index is -0.400. The minimum Gasteiger partial charge on any atom is -0.508 e. The fourth-order valence-electron chi connectivity index (χ4n) is 5.66. The third-order valence-corrected chi connectivity index (χ3v) is 6.83. The lowest BCUT2D eigenvalue weighted by molar-refractivity contribution is -0.141. The summed E-state index contributed by atoms with van der Waals surface area (Å²) in [5.41, 5.74) is 8.91. The van der Waals surface area contributed by atoms with Gasteiger partial charge < -0.3 is 15.7 Å². The second kappa shape index (κ2) is 7.22. The Labute approximate surface area is 157 Å². The van der Waals surface area contributed by atoms with Crippen molar-refractivity contribution in [2.24, 2.45) is 17.6 Å². The van der Waals surface area contributed by atoms with Gasteiger partial charge in [-0.05, 0) is 60.8 Å². The van der Waals surface area contributed by atoms with Crippen LogP contribution in [0.5, 0.6) is 5.75 Å². The van der Waals surface area contributed by atoms with Crippen molar-refractivity contribution in [1.29, 1.82) is 0 Å². The van der Waals surface area contributed by atoms with Crippen molar-refractivity contribution < 1.29 is 9.90 Å². The summed E-state index contributed by atoms with van der Waals surface area (Å²) >= 11 is 0. The van der Waals surface area contributed by atoms with Gasteiger partial charge >= 0.3 is 0 Å². The first kappa shape index (κ1) is 19.2. The van der Waals surface area contributed by atoms with E-state index in [1.165, 1.54) is 11.1 Å². The summed E-state index contributed by atoms with van der Waals surface area (Å²) in [5.74, 6) is 1.31. The van der Waals surface area contributed by atoms with Gasteiger partial charge in [-0.25, -0.2) is 0 Å². The van der Waals surface area contributed by atoms with Crippen LogP contribution >= 0.6 is 0 Å². The van der Waals surface area contributed by atoms with E-state index in [-0.39, 0.29) is 17.4 Å². The lowest BCUT2D eigenvalue weighted by Gasteiger charge is -2.57. The van der Waals surface area contributed by atoms with Gasteiger partial charge in [-0.3, -0.25) is 4.79 Å². The third-order valence-electron chi connectivity index (χ3n) is 6.83. The number of hydrogen-bond acceptors (Lipinski definition) is 3. The Kier molecular flexibility index (Phi) is 5.34. The van der Waals surface area contributed by atoms with Gasteiger partial charge in [0.25, 0.3) is 0 Å². The molecule has 0 aromatic heterocycles. The predicted molar refractivity (Wildman–Crippen MR) is 105 cm³/mol. The Hall–Kier alpha value is -1.55. The number of phenols is 1. The Morgan fingerprint density at radius 2 is 2.12 bits per heavy atom. The van der Waals surface area contributed by atoms with Gasteiger partial charge in [0.15, 0.2) is 0 Å². The van der Waals surface area contributed by atoms with E-state index < -0.39 is 6.04 Å². The van der Waals surface area contributed by atoms with Crippen molar-refractivity contribution in [2.45, 2.75) is 77.3 Å². The Bertz CT molecular complexity index is 672. The molecule has 3 rings (SSSR count). The van der Waals surface area contributed by atoms with Gasteiger partial charge in [-0.15, -0.1) is 0 Å². The third kappa shape index (κ3) is 3.02. The van der Waals surface area contributed by atoms with E-state index in [2.05, 4.69) is 38.7 Å². The van der Waals surface area contributed by atoms with Gasteiger partial charge in [0.05, 0.1) is 6.04 Å². The number of likely N-dealkylation sites (tertiary alicyclic amines) is 1. The number of rotatable bonds is 5. The molecular formula is C22H34N2O2. The van der Waals surface area contributed by atoms with E-state index in [4.69, 9.17) is 5.73 Å². The number of fused-ring (bicyclic) bond motifs is 4. The maximum absolute atomic E-state index is 13.1. The van der Waals surface area contributed by atoms with Gasteiger partial charge in [-0.1, -0.05) is 40.2 Å². The molecule has 3 N–H and O–H groups in total. The van der Waals surface area contributed by atoms with Crippen molar-refractivity contribution in [3.8, 4) is 5.75 Å². The Balaban J connectivity index is 1.98. The molecule has 26 heavy (non-hydrogen) atoms. The first-order valence-corrected chi connectivity index (χ1v) is 10.2. The van der Waals surface area contributed by atoms with Crippen LogP contribution in [0.15, 0.2) is 18.2 Å². The number of aromatic hydroxyl groups is 1. The maximum Gasteiger partial charge on any atom is 0.239 e. The lowest BCUT2D eigenvalue weighted by Crippen LogP contribution is -2.63. The summed E-state index contributed by atoms with van der Waals surface area (Å²) in [6.45, 7) is 9.49. The number of carbonyl (C=O) groups excluding carboxylic acids is 1. The van der Waals surface area contributed by atoms with Gasteiger partial charge in [0.2, 0.25) is 5.91 Å². The van der Waals surface area contributed by atoms with Gasteiger partial charge in [0.1, 0.15) is 5.75 Å². The summed E-state index contributed by atoms with van der Waals surface area (Å²) in [6.07, 6.45) is 4.64. The fraction of sp³-hybridized carbons (Fsp3) is 0.682. The van der Waals surface area contributed by atoms with Gasteiger partial charge in [0, 0.05) is 18.0 Å². The average Bonchev–Trinajstić information content (AvgIpc) is 2.60. The number of hydrogen-bond donors (Lipinski definition) is 2. The van der Waals surface area contributed by atoms with Crippen molar-refractivity contribution >= 4 is 5.91 Å². The molecule has 1 aromatic carbocycles. The normalized spacial score (nSPS) is 28.8. The van der Waals surface area contributed by atoms with Crippen LogP contribution in [0.3, 0.4) is 0 Å². The zero-order valence-electron chi connectivity index (χ0n) is 16.7. The highest BCUT2D eigenvalue weighted by molar-refractivity contribution is 5.82. The van der Waals surface area contributed by atoms with Crippen LogP contribution in [0.25, 0.3) is 0 Å². The van der Waals surface area contributed by atoms with Crippen molar-refractivity contribution in [3.05, 3.63) is 29.3 Å². The quantitative estimate of drug-likeness (QED) is 0.845. The van der Waals surface area contributed by atoms with E-state index in [0.29, 0.717) is 17.6 Å². The van der Waals surface area contributed by atoms with Crippen molar-refractivity contribution in [3.63, 3.8) is 0 Å². The summed E-state index contributed by atoms with van der Waals surface area (Å²) < 4.78 is 0. The van der Waals surface area contributed by atoms with Crippen LogP contribution in [0, 0.1) is 11.8 Å². The molecule has 4 heteroatoms. The van der Waals surface area contributed by atoms with Crippen molar-refractivity contribution in [2.75, 3.05) is 6.54 Å². The van der Waals surface area contributed by atoms with Crippen LogP contribution in [0.4, 0.5) is 0 Å². The van der Waals surface area contributed by atoms with Crippen LogP contribution < -0.4 is 5.73 Å². The molecule has 1 aliphatic heterocycles. The van der Waals surface area contributed by atoms with Crippen molar-refractivity contribution in [1.82, 2.24) is 4.90 Å². The number of benzene rings is 1. The smallest absolute Gasteiger partial charge is 0.239 e. The largest absolute Gasteiger partial charge is 0.508 e. The molecule has 2 aliphatic rings. The van der Waals surface area contributed by atoms with Crippen LogP contribution in [-0.2, 0) is 16.6 Å². The molecule has 1 fully saturated rings. The molecule has 1 aromatic rings. The standard InChI is InChI=1S/C22H34N2O2/c1-5-17-20-12-15-7-8-16(25)13-18(15)22(17,6-2)9-10-24(20)21(26)19(23)11-14(3)4/h7-8,13-14,17,19-20,25H,5-6,9-12,23H2,1-4H3. The molecule has 0 spiro atoms. The Morgan fingerprint density at radius 3 is 2.73 bits per heavy atom. The van der Waals surface area contributed by atoms with Gasteiger partial charge in [-0.2, -0.15) is 0 Å². The van der Waals surface area contributed by atoms with E-state index in [1.54, 1.807) is 6.07 Å². The number of nitrogens with zero attached hydrogens (tertiary/aromatic N) is 1. The summed E-state index contributed by atoms with van der Waals surface area (Å²) in [4.78, 5) is 15.2. The molecule has 1 aliphatic carbocycles. The second-order valence-electron chi connectivity index (χ2n) is 8.66. The van der Waals surface area contributed by atoms with Crippen LogP contribution in [0.2, 0.25) is 0 Å². The van der Waals surface area contributed by atoms with E-state index in [0.717, 1.165) is 38.6 Å². The first-order valence-electron chi connectivity index (χ1n) is 10.2. The summed E-state index contributed by atoms with van der Waals surface area (Å²) in [5, 5.41) is 10.1. The Morgan fingerprint density at radius 1 is 1.38 bits per heavy atom. The molecule has 2 bridgehead atoms. The van der Waals surface area contributed by atoms with Crippen LogP contribution in [0.1, 0.15) is 64.5 Å². The average molecular weight is 359 g/mol. The molecule has 4 nitrogen and oxygen atoms in total. The molecular weight excluding hydrogens is 324 g/mol. The molecule has 4 unspecified atom stereocenters. The molecule has 144 valence electrons. The second-order valence-corrected chi connectivity index (χ2v) is 8.66. The number of carbonyl (C=O) groups is 1. The molecule has 0 saturated carbocycles. The van der Waals surface area contributed by atoms with E-state index in [9.17, 15) is 9.90 Å².